The van der Waals surface area contributed by atoms with Gasteiger partial charge in [-0.2, -0.15) is 0 Å². The molecule has 0 fully saturated rings. The van der Waals surface area contributed by atoms with Crippen molar-refractivity contribution in [2.24, 2.45) is 0 Å². The lowest BCUT2D eigenvalue weighted by molar-refractivity contribution is 0.111. The maximum Gasteiger partial charge on any atom is 0.231 e. The van der Waals surface area contributed by atoms with Gasteiger partial charge >= 0.3 is 0 Å². The van der Waals surface area contributed by atoms with Crippen molar-refractivity contribution in [3.05, 3.63) is 41.5 Å². The number of ether oxygens (including phenoxy) is 2. The fourth-order valence-electron chi connectivity index (χ4n) is 2.00. The molecule has 3 rings (SSSR count). The van der Waals surface area contributed by atoms with E-state index in [2.05, 4.69) is 9.97 Å². The number of carbonyl (C=O) groups is 1. The van der Waals surface area contributed by atoms with Crippen LogP contribution >= 0.6 is 0 Å². The van der Waals surface area contributed by atoms with E-state index in [1.165, 1.54) is 0 Å². The largest absolute Gasteiger partial charge is 0.454 e. The number of hydrogen-bond acceptors (Lipinski definition) is 4. The minimum atomic E-state index is 0.286. The lowest BCUT2D eigenvalue weighted by Gasteiger charge is -2.02. The van der Waals surface area contributed by atoms with Gasteiger partial charge in [-0.05, 0) is 30.5 Å². The first-order valence-electron chi connectivity index (χ1n) is 5.73. The van der Waals surface area contributed by atoms with Gasteiger partial charge in [-0.3, -0.25) is 4.79 Å². The van der Waals surface area contributed by atoms with Gasteiger partial charge in [0.05, 0.1) is 6.33 Å². The van der Waals surface area contributed by atoms with Crippen molar-refractivity contribution in [1.29, 1.82) is 0 Å². The van der Waals surface area contributed by atoms with Crippen LogP contribution in [0.3, 0.4) is 0 Å². The zero-order valence-electron chi connectivity index (χ0n) is 9.68. The SMILES string of the molecule is O=Cc1nc[nH]c1CCc1ccc2c(c1)OCO2. The Labute approximate surface area is 104 Å². The molecule has 0 amide bonds. The molecule has 0 bridgehead atoms. The van der Waals surface area contributed by atoms with Gasteiger partial charge in [0.2, 0.25) is 6.79 Å². The first-order chi connectivity index (χ1) is 8.86. The number of aryl methyl sites for hydroxylation is 2. The van der Waals surface area contributed by atoms with E-state index in [4.69, 9.17) is 9.47 Å². The summed E-state index contributed by atoms with van der Waals surface area (Å²) in [6.45, 7) is 0.286. The molecule has 0 unspecified atom stereocenters. The maximum absolute atomic E-state index is 10.7. The third kappa shape index (κ3) is 1.95. The molecule has 5 nitrogen and oxygen atoms in total. The summed E-state index contributed by atoms with van der Waals surface area (Å²) in [6.07, 6.45) is 3.87. The Kier molecular flexibility index (Phi) is 2.72. The molecule has 2 heterocycles. The minimum absolute atomic E-state index is 0.286. The number of nitrogens with zero attached hydrogens (tertiary/aromatic N) is 1. The fraction of sp³-hybridized carbons (Fsp3) is 0.231. The molecule has 1 aliphatic heterocycles. The monoisotopic (exact) mass is 244 g/mol. The molecule has 92 valence electrons. The molecule has 2 aromatic rings. The zero-order chi connectivity index (χ0) is 12.4. The first-order valence-corrected chi connectivity index (χ1v) is 5.73. The summed E-state index contributed by atoms with van der Waals surface area (Å²) in [5.74, 6) is 1.57. The molecule has 18 heavy (non-hydrogen) atoms. The second-order valence-corrected chi connectivity index (χ2v) is 4.07. The number of benzene rings is 1. The summed E-state index contributed by atoms with van der Waals surface area (Å²) in [6, 6.07) is 5.88. The van der Waals surface area contributed by atoms with Crippen LogP contribution in [-0.4, -0.2) is 23.0 Å². The molecule has 0 saturated heterocycles. The number of H-pyrrole nitrogens is 1. The van der Waals surface area contributed by atoms with Crippen LogP contribution in [0.15, 0.2) is 24.5 Å². The average Bonchev–Trinajstić information content (AvgIpc) is 3.04. The number of carbonyl (C=O) groups excluding carboxylic acids is 1. The minimum Gasteiger partial charge on any atom is -0.454 e. The van der Waals surface area contributed by atoms with Crippen molar-refractivity contribution in [3.8, 4) is 11.5 Å². The van der Waals surface area contributed by atoms with Gasteiger partial charge in [0, 0.05) is 5.69 Å². The molecule has 0 saturated carbocycles. The summed E-state index contributed by atoms with van der Waals surface area (Å²) < 4.78 is 10.6. The van der Waals surface area contributed by atoms with Gasteiger partial charge in [0.15, 0.2) is 17.8 Å². The summed E-state index contributed by atoms with van der Waals surface area (Å²) in [4.78, 5) is 17.7. The average molecular weight is 244 g/mol. The summed E-state index contributed by atoms with van der Waals surface area (Å²) in [7, 11) is 0. The van der Waals surface area contributed by atoms with Crippen molar-refractivity contribution in [2.45, 2.75) is 12.8 Å². The Balaban J connectivity index is 1.72. The quantitative estimate of drug-likeness (QED) is 0.832. The summed E-state index contributed by atoms with van der Waals surface area (Å²) in [5, 5.41) is 0. The van der Waals surface area contributed by atoms with E-state index in [-0.39, 0.29) is 6.79 Å². The number of aromatic amines is 1. The molecule has 0 radical (unpaired) electrons. The van der Waals surface area contributed by atoms with Gasteiger partial charge in [0.25, 0.3) is 0 Å². The summed E-state index contributed by atoms with van der Waals surface area (Å²) >= 11 is 0. The van der Waals surface area contributed by atoms with Gasteiger partial charge in [0.1, 0.15) is 5.69 Å². The smallest absolute Gasteiger partial charge is 0.231 e. The van der Waals surface area contributed by atoms with Crippen molar-refractivity contribution in [1.82, 2.24) is 9.97 Å². The standard InChI is InChI=1S/C13H12N2O3/c16-6-11-10(14-7-15-11)3-1-9-2-4-12-13(5-9)18-8-17-12/h2,4-7H,1,3,8H2,(H,14,15). The number of imidazole rings is 1. The van der Waals surface area contributed by atoms with Crippen LogP contribution in [0.1, 0.15) is 21.7 Å². The lowest BCUT2D eigenvalue weighted by Crippen LogP contribution is -1.96. The molecular weight excluding hydrogens is 232 g/mol. The van der Waals surface area contributed by atoms with Gasteiger partial charge in [-0.15, -0.1) is 0 Å². The third-order valence-electron chi connectivity index (χ3n) is 2.96. The summed E-state index contributed by atoms with van der Waals surface area (Å²) in [5.41, 5.74) is 2.49. The van der Waals surface area contributed by atoms with Gasteiger partial charge in [-0.1, -0.05) is 6.07 Å². The zero-order valence-corrected chi connectivity index (χ0v) is 9.68. The second kappa shape index (κ2) is 4.52. The Bertz CT molecular complexity index is 577. The maximum atomic E-state index is 10.7. The topological polar surface area (TPSA) is 64.2 Å². The van der Waals surface area contributed by atoms with Crippen molar-refractivity contribution in [3.63, 3.8) is 0 Å². The van der Waals surface area contributed by atoms with Crippen LogP contribution in [0.4, 0.5) is 0 Å². The molecule has 0 aliphatic carbocycles. The number of fused-ring (bicyclic) bond motifs is 1. The third-order valence-corrected chi connectivity index (χ3v) is 2.96. The van der Waals surface area contributed by atoms with Crippen LogP contribution in [0.5, 0.6) is 11.5 Å². The second-order valence-electron chi connectivity index (χ2n) is 4.07. The van der Waals surface area contributed by atoms with E-state index >= 15 is 0 Å². The highest BCUT2D eigenvalue weighted by Gasteiger charge is 2.13. The molecule has 1 aromatic heterocycles. The van der Waals surface area contributed by atoms with E-state index in [1.54, 1.807) is 6.33 Å². The molecule has 1 aliphatic rings. The van der Waals surface area contributed by atoms with E-state index in [9.17, 15) is 4.79 Å². The highest BCUT2D eigenvalue weighted by Crippen LogP contribution is 2.32. The van der Waals surface area contributed by atoms with Crippen molar-refractivity contribution in [2.75, 3.05) is 6.79 Å². The van der Waals surface area contributed by atoms with Crippen LogP contribution in [0.25, 0.3) is 0 Å². The Morgan fingerprint density at radius 2 is 2.17 bits per heavy atom. The van der Waals surface area contributed by atoms with Crippen LogP contribution in [0.2, 0.25) is 0 Å². The van der Waals surface area contributed by atoms with Crippen molar-refractivity contribution >= 4 is 6.29 Å². The van der Waals surface area contributed by atoms with Crippen LogP contribution in [-0.2, 0) is 12.8 Å². The van der Waals surface area contributed by atoms with Gasteiger partial charge < -0.3 is 14.5 Å². The lowest BCUT2D eigenvalue weighted by atomic mass is 10.1. The molecule has 5 heteroatoms. The first kappa shape index (κ1) is 10.8. The van der Waals surface area contributed by atoms with E-state index < -0.39 is 0 Å². The molecule has 0 spiro atoms. The highest BCUT2D eigenvalue weighted by molar-refractivity contribution is 5.73. The number of aromatic nitrogens is 2. The fourth-order valence-corrected chi connectivity index (χ4v) is 2.00. The Hall–Kier alpha value is -2.30. The van der Waals surface area contributed by atoms with Crippen LogP contribution < -0.4 is 9.47 Å². The number of nitrogens with one attached hydrogen (secondary N) is 1. The van der Waals surface area contributed by atoms with Crippen molar-refractivity contribution < 1.29 is 14.3 Å². The van der Waals surface area contributed by atoms with E-state index in [0.717, 1.165) is 41.9 Å². The number of aldehydes is 1. The van der Waals surface area contributed by atoms with E-state index in [0.29, 0.717) is 5.69 Å². The Morgan fingerprint density at radius 3 is 3.06 bits per heavy atom. The number of rotatable bonds is 4. The molecule has 0 atom stereocenters. The highest BCUT2D eigenvalue weighted by atomic mass is 16.7. The predicted octanol–water partition coefficient (Wildman–Crippen LogP) is 1.74. The number of hydrogen-bond donors (Lipinski definition) is 1. The normalized spacial score (nSPS) is 12.7. The van der Waals surface area contributed by atoms with E-state index in [1.807, 2.05) is 18.2 Å². The molecule has 1 N–H and O–H groups in total. The predicted molar refractivity (Wildman–Crippen MR) is 63.9 cm³/mol. The molecular formula is C13H12N2O3. The van der Waals surface area contributed by atoms with Crippen LogP contribution in [0, 0.1) is 0 Å². The Morgan fingerprint density at radius 1 is 1.28 bits per heavy atom. The molecule has 1 aromatic carbocycles. The van der Waals surface area contributed by atoms with Gasteiger partial charge in [-0.25, -0.2) is 4.98 Å².